The first-order valence-corrected chi connectivity index (χ1v) is 5.12. The Labute approximate surface area is 86.3 Å². The first-order chi connectivity index (χ1) is 6.70. The van der Waals surface area contributed by atoms with Crippen molar-refractivity contribution in [1.29, 1.82) is 0 Å². The van der Waals surface area contributed by atoms with Crippen molar-refractivity contribution in [2.45, 2.75) is 12.5 Å². The second-order valence-corrected chi connectivity index (χ2v) is 3.71. The predicted molar refractivity (Wildman–Crippen MR) is 54.3 cm³/mol. The maximum Gasteiger partial charge on any atom is 0.348 e. The van der Waals surface area contributed by atoms with Crippen molar-refractivity contribution in [2.24, 2.45) is 5.73 Å². The van der Waals surface area contributed by atoms with Gasteiger partial charge in [0.25, 0.3) is 0 Å². The summed E-state index contributed by atoms with van der Waals surface area (Å²) in [5, 5.41) is 11.4. The highest BCUT2D eigenvalue weighted by Crippen LogP contribution is 2.25. The van der Waals surface area contributed by atoms with Crippen molar-refractivity contribution in [3.63, 3.8) is 0 Å². The van der Waals surface area contributed by atoms with Crippen molar-refractivity contribution >= 4 is 17.3 Å². The van der Waals surface area contributed by atoms with E-state index in [0.29, 0.717) is 23.4 Å². The zero-order chi connectivity index (χ0) is 10.6. The number of aliphatic hydroxyl groups excluding tert-OH is 1. The van der Waals surface area contributed by atoms with Crippen molar-refractivity contribution in [2.75, 3.05) is 13.7 Å². The topological polar surface area (TPSA) is 72.5 Å². The molecule has 1 aromatic heterocycles. The van der Waals surface area contributed by atoms with Crippen LogP contribution in [0.3, 0.4) is 0 Å². The molecule has 1 atom stereocenters. The molecule has 0 bridgehead atoms. The molecule has 1 heterocycles. The van der Waals surface area contributed by atoms with Crippen molar-refractivity contribution < 1.29 is 14.6 Å². The highest BCUT2D eigenvalue weighted by atomic mass is 32.1. The Kier molecular flexibility index (Phi) is 4.06. The first kappa shape index (κ1) is 11.2. The average molecular weight is 215 g/mol. The summed E-state index contributed by atoms with van der Waals surface area (Å²) in [5.74, 6) is -0.411. The maximum atomic E-state index is 11.2. The number of carbonyl (C=O) groups is 1. The predicted octanol–water partition coefficient (Wildman–Crippen LogP) is 0.917. The highest BCUT2D eigenvalue weighted by Gasteiger charge is 2.18. The molecule has 3 N–H and O–H groups in total. The minimum absolute atomic E-state index is 0.387. The molecule has 0 aliphatic heterocycles. The van der Waals surface area contributed by atoms with E-state index in [1.807, 2.05) is 0 Å². The molecule has 4 nitrogen and oxygen atoms in total. The van der Waals surface area contributed by atoms with Gasteiger partial charge in [0, 0.05) is 5.56 Å². The molecular formula is C9H13NO3S. The van der Waals surface area contributed by atoms with Gasteiger partial charge in [-0.25, -0.2) is 4.79 Å². The number of aliphatic hydroxyl groups is 1. The van der Waals surface area contributed by atoms with Crippen LogP contribution in [0.4, 0.5) is 0 Å². The SMILES string of the molecule is COC(=O)c1sccc1[C@H](O)CCN. The van der Waals surface area contributed by atoms with E-state index in [2.05, 4.69) is 4.74 Å². The van der Waals surface area contributed by atoms with E-state index in [1.54, 1.807) is 11.4 Å². The minimum atomic E-state index is -0.680. The fraction of sp³-hybridized carbons (Fsp3) is 0.444. The van der Waals surface area contributed by atoms with Gasteiger partial charge in [-0.15, -0.1) is 11.3 Å². The quantitative estimate of drug-likeness (QED) is 0.732. The van der Waals surface area contributed by atoms with Gasteiger partial charge in [0.05, 0.1) is 13.2 Å². The van der Waals surface area contributed by atoms with E-state index in [4.69, 9.17) is 5.73 Å². The third kappa shape index (κ3) is 2.31. The number of nitrogens with two attached hydrogens (primary N) is 1. The number of esters is 1. The van der Waals surface area contributed by atoms with Gasteiger partial charge in [0.2, 0.25) is 0 Å². The number of thiophene rings is 1. The van der Waals surface area contributed by atoms with E-state index in [1.165, 1.54) is 18.4 Å². The Balaban J connectivity index is 2.86. The first-order valence-electron chi connectivity index (χ1n) is 4.24. The number of ether oxygens (including phenoxy) is 1. The van der Waals surface area contributed by atoms with Crippen LogP contribution in [0.2, 0.25) is 0 Å². The summed E-state index contributed by atoms with van der Waals surface area (Å²) in [6.07, 6.45) is -0.235. The van der Waals surface area contributed by atoms with Crippen LogP contribution in [0.25, 0.3) is 0 Å². The largest absolute Gasteiger partial charge is 0.465 e. The molecule has 0 saturated carbocycles. The molecule has 0 aromatic carbocycles. The molecule has 0 spiro atoms. The molecule has 1 rings (SSSR count). The summed E-state index contributed by atoms with van der Waals surface area (Å²) >= 11 is 1.26. The molecule has 0 fully saturated rings. The summed E-state index contributed by atoms with van der Waals surface area (Å²) in [6.45, 7) is 0.387. The molecule has 78 valence electrons. The lowest BCUT2D eigenvalue weighted by molar-refractivity contribution is 0.0599. The molecule has 0 aliphatic rings. The van der Waals surface area contributed by atoms with Gasteiger partial charge in [-0.1, -0.05) is 0 Å². The fourth-order valence-corrected chi connectivity index (χ4v) is 2.02. The van der Waals surface area contributed by atoms with Crippen LogP contribution in [0.15, 0.2) is 11.4 Å². The normalized spacial score (nSPS) is 12.5. The number of carbonyl (C=O) groups excluding carboxylic acids is 1. The summed E-state index contributed by atoms with van der Waals surface area (Å²) in [7, 11) is 1.32. The van der Waals surface area contributed by atoms with Crippen LogP contribution < -0.4 is 5.73 Å². The molecule has 5 heteroatoms. The Morgan fingerprint density at radius 1 is 1.79 bits per heavy atom. The Bertz CT molecular complexity index is 311. The number of hydrogen-bond acceptors (Lipinski definition) is 5. The number of hydrogen-bond donors (Lipinski definition) is 2. The van der Waals surface area contributed by atoms with Gasteiger partial charge in [-0.05, 0) is 24.4 Å². The molecule has 0 aliphatic carbocycles. The van der Waals surface area contributed by atoms with E-state index in [0.717, 1.165) is 0 Å². The standard InChI is InChI=1S/C9H13NO3S/c1-13-9(12)8-6(3-5-14-8)7(11)2-4-10/h3,5,7,11H,2,4,10H2,1H3/t7-/m1/s1. The van der Waals surface area contributed by atoms with Crippen LogP contribution >= 0.6 is 11.3 Å². The second-order valence-electron chi connectivity index (χ2n) is 2.79. The summed E-state index contributed by atoms with van der Waals surface area (Å²) < 4.78 is 4.59. The van der Waals surface area contributed by atoms with Gasteiger partial charge in [-0.3, -0.25) is 0 Å². The Morgan fingerprint density at radius 3 is 3.07 bits per heavy atom. The molecule has 0 unspecified atom stereocenters. The van der Waals surface area contributed by atoms with Crippen LogP contribution in [-0.4, -0.2) is 24.7 Å². The van der Waals surface area contributed by atoms with Crippen LogP contribution in [-0.2, 0) is 4.74 Å². The summed E-state index contributed by atoms with van der Waals surface area (Å²) in [6, 6.07) is 1.72. The van der Waals surface area contributed by atoms with E-state index in [-0.39, 0.29) is 0 Å². The summed E-state index contributed by atoms with van der Waals surface area (Å²) in [4.78, 5) is 11.7. The van der Waals surface area contributed by atoms with Crippen LogP contribution in [0.1, 0.15) is 27.8 Å². The van der Waals surface area contributed by atoms with Crippen LogP contribution in [0.5, 0.6) is 0 Å². The lowest BCUT2D eigenvalue weighted by atomic mass is 10.1. The Hall–Kier alpha value is -0.910. The molecule has 1 aromatic rings. The van der Waals surface area contributed by atoms with Gasteiger partial charge in [0.1, 0.15) is 4.88 Å². The summed E-state index contributed by atoms with van der Waals surface area (Å²) in [5.41, 5.74) is 5.93. The lowest BCUT2D eigenvalue weighted by Crippen LogP contribution is -2.10. The molecule has 0 saturated heterocycles. The smallest absolute Gasteiger partial charge is 0.348 e. The molecule has 14 heavy (non-hydrogen) atoms. The molecular weight excluding hydrogens is 202 g/mol. The zero-order valence-electron chi connectivity index (χ0n) is 7.90. The van der Waals surface area contributed by atoms with E-state index < -0.39 is 12.1 Å². The molecule has 0 radical (unpaired) electrons. The van der Waals surface area contributed by atoms with E-state index in [9.17, 15) is 9.90 Å². The van der Waals surface area contributed by atoms with Crippen LogP contribution in [0, 0.1) is 0 Å². The fourth-order valence-electron chi connectivity index (χ4n) is 1.15. The lowest BCUT2D eigenvalue weighted by Gasteiger charge is -2.08. The highest BCUT2D eigenvalue weighted by molar-refractivity contribution is 7.12. The minimum Gasteiger partial charge on any atom is -0.465 e. The van der Waals surface area contributed by atoms with Crippen molar-refractivity contribution in [1.82, 2.24) is 0 Å². The van der Waals surface area contributed by atoms with Gasteiger partial charge >= 0.3 is 5.97 Å². The molecule has 0 amide bonds. The third-order valence-electron chi connectivity index (χ3n) is 1.87. The van der Waals surface area contributed by atoms with Crippen molar-refractivity contribution in [3.8, 4) is 0 Å². The second kappa shape index (κ2) is 5.09. The van der Waals surface area contributed by atoms with Gasteiger partial charge in [-0.2, -0.15) is 0 Å². The van der Waals surface area contributed by atoms with E-state index >= 15 is 0 Å². The van der Waals surface area contributed by atoms with Gasteiger partial charge < -0.3 is 15.6 Å². The third-order valence-corrected chi connectivity index (χ3v) is 2.78. The van der Waals surface area contributed by atoms with Crippen molar-refractivity contribution in [3.05, 3.63) is 21.9 Å². The van der Waals surface area contributed by atoms with Gasteiger partial charge in [0.15, 0.2) is 0 Å². The Morgan fingerprint density at radius 2 is 2.50 bits per heavy atom. The number of rotatable bonds is 4. The monoisotopic (exact) mass is 215 g/mol. The zero-order valence-corrected chi connectivity index (χ0v) is 8.71. The number of methoxy groups -OCH3 is 1. The maximum absolute atomic E-state index is 11.2. The average Bonchev–Trinajstić information content (AvgIpc) is 2.65.